The highest BCUT2D eigenvalue weighted by molar-refractivity contribution is 7.89. The number of nitrogens with two attached hydrogens (primary N) is 1. The maximum atomic E-state index is 12.2. The van der Waals surface area contributed by atoms with Crippen molar-refractivity contribution in [3.63, 3.8) is 0 Å². The maximum absolute atomic E-state index is 12.2. The van der Waals surface area contributed by atoms with Crippen LogP contribution in [-0.2, 0) is 10.0 Å². The van der Waals surface area contributed by atoms with Crippen LogP contribution in [-0.4, -0.2) is 39.5 Å². The van der Waals surface area contributed by atoms with Crippen LogP contribution in [0.15, 0.2) is 23.1 Å². The molecule has 20 heavy (non-hydrogen) atoms. The SMILES string of the molecule is Cc1c(N)cccc1S(=O)(=O)NCCCN1CCCC1. The molecule has 3 N–H and O–H groups in total. The number of nitrogens with zero attached hydrogens (tertiary/aromatic N) is 1. The van der Waals surface area contributed by atoms with Gasteiger partial charge in [0.2, 0.25) is 10.0 Å². The van der Waals surface area contributed by atoms with Crippen LogP contribution in [0.3, 0.4) is 0 Å². The van der Waals surface area contributed by atoms with Gasteiger partial charge in [0.05, 0.1) is 4.90 Å². The third-order valence-electron chi connectivity index (χ3n) is 3.76. The lowest BCUT2D eigenvalue weighted by Crippen LogP contribution is -2.29. The zero-order chi connectivity index (χ0) is 14.6. The second kappa shape index (κ2) is 6.56. The minimum Gasteiger partial charge on any atom is -0.398 e. The van der Waals surface area contributed by atoms with Crippen molar-refractivity contribution in [1.29, 1.82) is 0 Å². The van der Waals surface area contributed by atoms with Gasteiger partial charge in [-0.25, -0.2) is 13.1 Å². The largest absolute Gasteiger partial charge is 0.398 e. The van der Waals surface area contributed by atoms with Crippen molar-refractivity contribution >= 4 is 15.7 Å². The molecule has 6 heteroatoms. The van der Waals surface area contributed by atoms with E-state index in [9.17, 15) is 8.42 Å². The van der Waals surface area contributed by atoms with Gasteiger partial charge in [-0.3, -0.25) is 0 Å². The number of nitrogens with one attached hydrogen (secondary N) is 1. The van der Waals surface area contributed by atoms with E-state index in [-0.39, 0.29) is 4.90 Å². The molecule has 2 rings (SSSR count). The molecule has 0 radical (unpaired) electrons. The Morgan fingerprint density at radius 3 is 2.70 bits per heavy atom. The fraction of sp³-hybridized carbons (Fsp3) is 0.571. The summed E-state index contributed by atoms with van der Waals surface area (Å²) in [6, 6.07) is 4.97. The van der Waals surface area contributed by atoms with Crippen molar-refractivity contribution in [2.24, 2.45) is 0 Å². The van der Waals surface area contributed by atoms with Crippen LogP contribution in [0.2, 0.25) is 0 Å². The van der Waals surface area contributed by atoms with Gasteiger partial charge in [-0.2, -0.15) is 0 Å². The second-order valence-corrected chi connectivity index (χ2v) is 7.01. The number of nitrogen functional groups attached to an aromatic ring is 1. The third kappa shape index (κ3) is 3.71. The predicted molar refractivity (Wildman–Crippen MR) is 81.1 cm³/mol. The first-order chi connectivity index (χ1) is 9.50. The van der Waals surface area contributed by atoms with E-state index in [2.05, 4.69) is 9.62 Å². The first-order valence-corrected chi connectivity index (χ1v) is 8.56. The molecule has 5 nitrogen and oxygen atoms in total. The van der Waals surface area contributed by atoms with Gasteiger partial charge in [-0.05, 0) is 63.5 Å². The van der Waals surface area contributed by atoms with Crippen molar-refractivity contribution in [1.82, 2.24) is 9.62 Å². The van der Waals surface area contributed by atoms with Gasteiger partial charge in [0.15, 0.2) is 0 Å². The molecule has 1 fully saturated rings. The lowest BCUT2D eigenvalue weighted by atomic mass is 10.2. The Morgan fingerprint density at radius 1 is 1.30 bits per heavy atom. The average molecular weight is 297 g/mol. The average Bonchev–Trinajstić information content (AvgIpc) is 2.91. The molecule has 0 aliphatic carbocycles. The van der Waals surface area contributed by atoms with Crippen LogP contribution in [0.5, 0.6) is 0 Å². The fourth-order valence-electron chi connectivity index (χ4n) is 2.52. The lowest BCUT2D eigenvalue weighted by molar-refractivity contribution is 0.334. The highest BCUT2D eigenvalue weighted by Gasteiger charge is 2.17. The summed E-state index contributed by atoms with van der Waals surface area (Å²) < 4.78 is 27.1. The predicted octanol–water partition coefficient (Wildman–Crippen LogP) is 1.34. The molecule has 1 saturated heterocycles. The minimum atomic E-state index is -3.46. The highest BCUT2D eigenvalue weighted by atomic mass is 32.2. The topological polar surface area (TPSA) is 75.4 Å². The Labute approximate surface area is 121 Å². The molecule has 1 aliphatic rings. The number of anilines is 1. The molecule has 0 bridgehead atoms. The van der Waals surface area contributed by atoms with E-state index in [1.165, 1.54) is 12.8 Å². The quantitative estimate of drug-likeness (QED) is 0.614. The molecule has 0 atom stereocenters. The summed E-state index contributed by atoms with van der Waals surface area (Å²) in [5, 5.41) is 0. The van der Waals surface area contributed by atoms with E-state index in [1.54, 1.807) is 25.1 Å². The van der Waals surface area contributed by atoms with Crippen molar-refractivity contribution in [2.45, 2.75) is 31.1 Å². The van der Waals surface area contributed by atoms with E-state index in [1.807, 2.05) is 0 Å². The molecule has 112 valence electrons. The van der Waals surface area contributed by atoms with Gasteiger partial charge in [-0.15, -0.1) is 0 Å². The summed E-state index contributed by atoms with van der Waals surface area (Å²) in [5.41, 5.74) is 6.87. The van der Waals surface area contributed by atoms with Crippen LogP contribution in [0.1, 0.15) is 24.8 Å². The van der Waals surface area contributed by atoms with Crippen molar-refractivity contribution < 1.29 is 8.42 Å². The molecule has 0 amide bonds. The molecule has 0 unspecified atom stereocenters. The van der Waals surface area contributed by atoms with Crippen molar-refractivity contribution in [3.05, 3.63) is 23.8 Å². The highest BCUT2D eigenvalue weighted by Crippen LogP contribution is 2.20. The first kappa shape index (κ1) is 15.3. The monoisotopic (exact) mass is 297 g/mol. The summed E-state index contributed by atoms with van der Waals surface area (Å²) in [6.45, 7) is 5.43. The number of benzene rings is 1. The molecule has 0 aromatic heterocycles. The Morgan fingerprint density at radius 2 is 2.00 bits per heavy atom. The Kier molecular flexibility index (Phi) is 5.01. The maximum Gasteiger partial charge on any atom is 0.240 e. The first-order valence-electron chi connectivity index (χ1n) is 7.08. The summed E-state index contributed by atoms with van der Waals surface area (Å²) in [5.74, 6) is 0. The lowest BCUT2D eigenvalue weighted by Gasteiger charge is -2.15. The third-order valence-corrected chi connectivity index (χ3v) is 5.36. The van der Waals surface area contributed by atoms with E-state index in [0.717, 1.165) is 26.1 Å². The summed E-state index contributed by atoms with van der Waals surface area (Å²) in [6.07, 6.45) is 3.35. The van der Waals surface area contributed by atoms with Crippen LogP contribution in [0.25, 0.3) is 0 Å². The molecule has 1 aliphatic heterocycles. The van der Waals surface area contributed by atoms with Crippen molar-refractivity contribution in [2.75, 3.05) is 31.9 Å². The Hall–Kier alpha value is -1.11. The van der Waals surface area contributed by atoms with Gasteiger partial charge in [0, 0.05) is 12.2 Å². The zero-order valence-corrected chi connectivity index (χ0v) is 12.7. The van der Waals surface area contributed by atoms with E-state index >= 15 is 0 Å². The normalized spacial score (nSPS) is 16.6. The number of likely N-dealkylation sites (tertiary alicyclic amines) is 1. The second-order valence-electron chi connectivity index (χ2n) is 5.27. The number of sulfonamides is 1. The number of hydrogen-bond acceptors (Lipinski definition) is 4. The molecular weight excluding hydrogens is 274 g/mol. The van der Waals surface area contributed by atoms with E-state index < -0.39 is 10.0 Å². The number of hydrogen-bond donors (Lipinski definition) is 2. The summed E-state index contributed by atoms with van der Waals surface area (Å²) in [4.78, 5) is 2.65. The number of rotatable bonds is 6. The minimum absolute atomic E-state index is 0.277. The van der Waals surface area contributed by atoms with E-state index in [0.29, 0.717) is 17.8 Å². The summed E-state index contributed by atoms with van der Waals surface area (Å²) in [7, 11) is -3.46. The Balaban J connectivity index is 1.88. The van der Waals surface area contributed by atoms with Crippen LogP contribution in [0.4, 0.5) is 5.69 Å². The molecular formula is C14H23N3O2S. The molecule has 1 aromatic rings. The molecule has 1 heterocycles. The molecule has 0 saturated carbocycles. The fourth-order valence-corrected chi connectivity index (χ4v) is 3.86. The van der Waals surface area contributed by atoms with Gasteiger partial charge in [-0.1, -0.05) is 6.07 Å². The van der Waals surface area contributed by atoms with Gasteiger partial charge in [0.1, 0.15) is 0 Å². The van der Waals surface area contributed by atoms with E-state index in [4.69, 9.17) is 5.73 Å². The van der Waals surface area contributed by atoms with Gasteiger partial charge >= 0.3 is 0 Å². The van der Waals surface area contributed by atoms with Gasteiger partial charge < -0.3 is 10.6 Å². The molecule has 0 spiro atoms. The smallest absolute Gasteiger partial charge is 0.240 e. The van der Waals surface area contributed by atoms with Crippen molar-refractivity contribution in [3.8, 4) is 0 Å². The summed E-state index contributed by atoms with van der Waals surface area (Å²) >= 11 is 0. The Bertz CT molecular complexity index is 552. The zero-order valence-electron chi connectivity index (χ0n) is 11.9. The van der Waals surface area contributed by atoms with Gasteiger partial charge in [0.25, 0.3) is 0 Å². The molecule has 1 aromatic carbocycles. The van der Waals surface area contributed by atoms with Crippen LogP contribution < -0.4 is 10.5 Å². The van der Waals surface area contributed by atoms with Crippen LogP contribution in [0, 0.1) is 6.92 Å². The standard InChI is InChI=1S/C14H23N3O2S/c1-12-13(15)6-4-7-14(12)20(18,19)16-8-5-11-17-9-2-3-10-17/h4,6-7,16H,2-3,5,8-11,15H2,1H3. The van der Waals surface area contributed by atoms with Crippen LogP contribution >= 0.6 is 0 Å².